The number of hydrogen-bond acceptors (Lipinski definition) is 3. The first-order valence-corrected chi connectivity index (χ1v) is 7.57. The first kappa shape index (κ1) is 15.6. The molecule has 122 valence electrons. The van der Waals surface area contributed by atoms with Crippen LogP contribution in [0.15, 0.2) is 18.2 Å². The summed E-state index contributed by atoms with van der Waals surface area (Å²) in [7, 11) is 0. The van der Waals surface area contributed by atoms with Gasteiger partial charge in [0.1, 0.15) is 0 Å². The Labute approximate surface area is 131 Å². The highest BCUT2D eigenvalue weighted by atomic mass is 19.2. The zero-order chi connectivity index (χ0) is 16.4. The third-order valence-electron chi connectivity index (χ3n) is 3.91. The number of fused-ring (bicyclic) bond motifs is 1. The van der Waals surface area contributed by atoms with Gasteiger partial charge in [-0.15, -0.1) is 0 Å². The number of carbonyl (C=O) groups excluding carboxylic acids is 1. The van der Waals surface area contributed by atoms with Gasteiger partial charge in [0, 0.05) is 30.5 Å². The summed E-state index contributed by atoms with van der Waals surface area (Å²) < 4.78 is 28.1. The van der Waals surface area contributed by atoms with Gasteiger partial charge in [0.2, 0.25) is 0 Å². The Morgan fingerprint density at radius 1 is 1.30 bits per heavy atom. The number of nitrogens with one attached hydrogen (secondary N) is 1. The lowest BCUT2D eigenvalue weighted by Crippen LogP contribution is -2.26. The molecule has 1 aliphatic carbocycles. The molecule has 1 aromatic carbocycles. The summed E-state index contributed by atoms with van der Waals surface area (Å²) in [5.74, 6) is -2.17. The summed E-state index contributed by atoms with van der Waals surface area (Å²) in [4.78, 5) is 12.2. The van der Waals surface area contributed by atoms with Gasteiger partial charge in [0.15, 0.2) is 17.3 Å². The monoisotopic (exact) mass is 321 g/mol. The lowest BCUT2D eigenvalue weighted by molar-refractivity contribution is 0.0945. The van der Waals surface area contributed by atoms with E-state index in [0.29, 0.717) is 24.3 Å². The number of halogens is 2. The first-order chi connectivity index (χ1) is 11.1. The van der Waals surface area contributed by atoms with Crippen molar-refractivity contribution in [3.63, 3.8) is 0 Å². The van der Waals surface area contributed by atoms with Crippen molar-refractivity contribution >= 4 is 5.91 Å². The molecule has 0 aliphatic heterocycles. The Balaban J connectivity index is 1.95. The van der Waals surface area contributed by atoms with Crippen LogP contribution in [0.4, 0.5) is 8.78 Å². The van der Waals surface area contributed by atoms with Gasteiger partial charge >= 0.3 is 0 Å². The highest BCUT2D eigenvalue weighted by molar-refractivity contribution is 5.94. The number of aliphatic hydroxyl groups excluding tert-OH is 1. The number of hydrogen-bond donors (Lipinski definition) is 2. The Morgan fingerprint density at radius 2 is 2.13 bits per heavy atom. The zero-order valence-electron chi connectivity index (χ0n) is 12.5. The molecule has 0 spiro atoms. The fraction of sp³-hybridized carbons (Fsp3) is 0.375. The van der Waals surface area contributed by atoms with Crippen molar-refractivity contribution in [2.45, 2.75) is 25.7 Å². The summed E-state index contributed by atoms with van der Waals surface area (Å²) in [6.45, 7) is 0.365. The topological polar surface area (TPSA) is 67.2 Å². The molecule has 23 heavy (non-hydrogen) atoms. The van der Waals surface area contributed by atoms with E-state index < -0.39 is 11.6 Å². The number of nitrogens with zero attached hydrogens (tertiary/aromatic N) is 2. The van der Waals surface area contributed by atoms with E-state index in [4.69, 9.17) is 5.11 Å². The summed E-state index contributed by atoms with van der Waals surface area (Å²) in [5, 5.41) is 15.8. The summed E-state index contributed by atoms with van der Waals surface area (Å²) >= 11 is 0. The third kappa shape index (κ3) is 2.96. The number of rotatable bonds is 5. The van der Waals surface area contributed by atoms with Crippen LogP contribution in [0.2, 0.25) is 0 Å². The maximum atomic E-state index is 13.5. The number of aromatic nitrogens is 2. The second kappa shape index (κ2) is 6.45. The van der Waals surface area contributed by atoms with Crippen LogP contribution in [0.25, 0.3) is 5.69 Å². The molecule has 5 nitrogen and oxygen atoms in total. The van der Waals surface area contributed by atoms with E-state index in [1.165, 1.54) is 10.7 Å². The van der Waals surface area contributed by atoms with Crippen LogP contribution in [-0.2, 0) is 12.8 Å². The van der Waals surface area contributed by atoms with Gasteiger partial charge in [-0.1, -0.05) is 0 Å². The van der Waals surface area contributed by atoms with Crippen molar-refractivity contribution in [3.8, 4) is 5.69 Å². The van der Waals surface area contributed by atoms with Crippen LogP contribution in [0.1, 0.15) is 34.6 Å². The highest BCUT2D eigenvalue weighted by Gasteiger charge is 2.27. The fourth-order valence-corrected chi connectivity index (χ4v) is 2.81. The van der Waals surface area contributed by atoms with E-state index in [1.807, 2.05) is 0 Å². The van der Waals surface area contributed by atoms with Gasteiger partial charge in [-0.2, -0.15) is 5.10 Å². The SMILES string of the molecule is O=C(NCCCO)c1nn(-c2ccc(F)c(F)c2)c2c1CCC2. The summed E-state index contributed by atoms with van der Waals surface area (Å²) in [6.07, 6.45) is 2.85. The average Bonchev–Trinajstić information content (AvgIpc) is 3.12. The Hall–Kier alpha value is -2.28. The van der Waals surface area contributed by atoms with Crippen LogP contribution in [0, 0.1) is 11.6 Å². The second-order valence-corrected chi connectivity index (χ2v) is 5.47. The van der Waals surface area contributed by atoms with Gasteiger partial charge in [0.25, 0.3) is 5.91 Å². The number of amides is 1. The van der Waals surface area contributed by atoms with Crippen LogP contribution >= 0.6 is 0 Å². The minimum atomic E-state index is -0.946. The Morgan fingerprint density at radius 3 is 2.87 bits per heavy atom. The molecule has 0 saturated heterocycles. The normalized spacial score (nSPS) is 13.2. The van der Waals surface area contributed by atoms with Gasteiger partial charge < -0.3 is 10.4 Å². The molecule has 1 amide bonds. The largest absolute Gasteiger partial charge is 0.396 e. The zero-order valence-corrected chi connectivity index (χ0v) is 12.5. The molecular formula is C16H17F2N3O2. The molecule has 1 heterocycles. The molecule has 0 fully saturated rings. The molecule has 2 N–H and O–H groups in total. The van der Waals surface area contributed by atoms with E-state index in [9.17, 15) is 13.6 Å². The van der Waals surface area contributed by atoms with E-state index in [-0.39, 0.29) is 12.5 Å². The van der Waals surface area contributed by atoms with Crippen molar-refractivity contribution in [2.24, 2.45) is 0 Å². The summed E-state index contributed by atoms with van der Waals surface area (Å²) in [6, 6.07) is 3.57. The summed E-state index contributed by atoms with van der Waals surface area (Å²) in [5.41, 5.74) is 2.44. The van der Waals surface area contributed by atoms with Crippen LogP contribution in [0.3, 0.4) is 0 Å². The smallest absolute Gasteiger partial charge is 0.272 e. The number of carbonyl (C=O) groups is 1. The highest BCUT2D eigenvalue weighted by Crippen LogP contribution is 2.28. The molecule has 0 atom stereocenters. The van der Waals surface area contributed by atoms with Gasteiger partial charge in [-0.25, -0.2) is 13.5 Å². The standard InChI is InChI=1S/C16H17F2N3O2/c17-12-6-5-10(9-13(12)18)21-14-4-1-3-11(14)15(20-21)16(23)19-7-2-8-22/h5-6,9,22H,1-4,7-8H2,(H,19,23). The molecular weight excluding hydrogens is 304 g/mol. The van der Waals surface area contributed by atoms with Crippen molar-refractivity contribution in [3.05, 3.63) is 46.8 Å². The molecule has 0 radical (unpaired) electrons. The maximum absolute atomic E-state index is 13.5. The Bertz CT molecular complexity index is 743. The van der Waals surface area contributed by atoms with E-state index in [1.54, 1.807) is 0 Å². The van der Waals surface area contributed by atoms with Crippen LogP contribution < -0.4 is 5.32 Å². The van der Waals surface area contributed by atoms with E-state index >= 15 is 0 Å². The molecule has 0 saturated carbocycles. The first-order valence-electron chi connectivity index (χ1n) is 7.57. The lowest BCUT2D eigenvalue weighted by Gasteiger charge is -2.06. The van der Waals surface area contributed by atoms with Crippen molar-refractivity contribution in [2.75, 3.05) is 13.2 Å². The average molecular weight is 321 g/mol. The quantitative estimate of drug-likeness (QED) is 0.825. The van der Waals surface area contributed by atoms with E-state index in [0.717, 1.165) is 42.7 Å². The predicted molar refractivity (Wildman–Crippen MR) is 79.5 cm³/mol. The lowest BCUT2D eigenvalue weighted by atomic mass is 10.2. The molecule has 0 bridgehead atoms. The third-order valence-corrected chi connectivity index (χ3v) is 3.91. The molecule has 7 heteroatoms. The van der Waals surface area contributed by atoms with Crippen molar-refractivity contribution < 1.29 is 18.7 Å². The maximum Gasteiger partial charge on any atom is 0.272 e. The van der Waals surface area contributed by atoms with Crippen molar-refractivity contribution in [1.82, 2.24) is 15.1 Å². The molecule has 1 aliphatic rings. The van der Waals surface area contributed by atoms with Crippen molar-refractivity contribution in [1.29, 1.82) is 0 Å². The van der Waals surface area contributed by atoms with Crippen LogP contribution in [0.5, 0.6) is 0 Å². The molecule has 0 unspecified atom stereocenters. The Kier molecular flexibility index (Phi) is 4.38. The van der Waals surface area contributed by atoms with Gasteiger partial charge in [0.05, 0.1) is 5.69 Å². The minimum Gasteiger partial charge on any atom is -0.396 e. The van der Waals surface area contributed by atoms with Gasteiger partial charge in [-0.05, 0) is 37.8 Å². The van der Waals surface area contributed by atoms with Crippen LogP contribution in [-0.4, -0.2) is 33.9 Å². The second-order valence-electron chi connectivity index (χ2n) is 5.47. The number of benzene rings is 1. The minimum absolute atomic E-state index is 0.00167. The predicted octanol–water partition coefficient (Wildman–Crippen LogP) is 1.75. The number of aliphatic hydroxyl groups is 1. The van der Waals surface area contributed by atoms with E-state index in [2.05, 4.69) is 10.4 Å². The van der Waals surface area contributed by atoms with Gasteiger partial charge in [-0.3, -0.25) is 4.79 Å². The molecule has 3 rings (SSSR count). The molecule has 2 aromatic rings. The molecule has 1 aromatic heterocycles. The fourth-order valence-electron chi connectivity index (χ4n) is 2.81.